The number of tetrazole rings is 1. The molecule has 0 aliphatic carbocycles. The summed E-state index contributed by atoms with van der Waals surface area (Å²) in [5.41, 5.74) is 8.66. The Hall–Kier alpha value is -3.22. The maximum Gasteiger partial charge on any atom is 0.221 e. The zero-order valence-electron chi connectivity index (χ0n) is 11.9. The number of anilines is 2. The molecule has 0 saturated heterocycles. The molecule has 0 spiro atoms. The van der Waals surface area contributed by atoms with E-state index >= 15 is 0 Å². The quantitative estimate of drug-likeness (QED) is 0.718. The van der Waals surface area contributed by atoms with E-state index in [0.29, 0.717) is 17.2 Å². The van der Waals surface area contributed by atoms with Gasteiger partial charge in [-0.1, -0.05) is 6.07 Å². The zero-order valence-corrected chi connectivity index (χ0v) is 11.9. The summed E-state index contributed by atoms with van der Waals surface area (Å²) in [6.07, 6.45) is 0. The summed E-state index contributed by atoms with van der Waals surface area (Å²) in [5.74, 6) is 0.465. The molecule has 0 aliphatic heterocycles. The van der Waals surface area contributed by atoms with Crippen molar-refractivity contribution >= 4 is 17.3 Å². The number of amides is 1. The first-order chi connectivity index (χ1) is 10.6. The van der Waals surface area contributed by atoms with E-state index in [2.05, 4.69) is 20.8 Å². The third kappa shape index (κ3) is 2.78. The first-order valence-electron chi connectivity index (χ1n) is 6.66. The summed E-state index contributed by atoms with van der Waals surface area (Å²) in [6.45, 7) is 1.46. The van der Waals surface area contributed by atoms with Gasteiger partial charge in [-0.2, -0.15) is 4.68 Å². The Morgan fingerprint density at radius 3 is 2.68 bits per heavy atom. The molecule has 110 valence electrons. The summed E-state index contributed by atoms with van der Waals surface area (Å²) in [5, 5.41) is 14.5. The number of hydrogen-bond donors (Lipinski definition) is 2. The monoisotopic (exact) mass is 294 g/mol. The Morgan fingerprint density at radius 1 is 1.18 bits per heavy atom. The van der Waals surface area contributed by atoms with Crippen molar-refractivity contribution in [3.8, 4) is 17.1 Å². The van der Waals surface area contributed by atoms with Gasteiger partial charge >= 0.3 is 0 Å². The van der Waals surface area contributed by atoms with E-state index in [-0.39, 0.29) is 5.91 Å². The van der Waals surface area contributed by atoms with Gasteiger partial charge in [-0.05, 0) is 52.9 Å². The topological polar surface area (TPSA) is 98.7 Å². The summed E-state index contributed by atoms with van der Waals surface area (Å²) < 4.78 is 1.61. The molecule has 0 bridgehead atoms. The van der Waals surface area contributed by atoms with Crippen molar-refractivity contribution in [2.75, 3.05) is 11.1 Å². The summed E-state index contributed by atoms with van der Waals surface area (Å²) in [7, 11) is 0. The molecule has 1 aromatic heterocycles. The second-order valence-electron chi connectivity index (χ2n) is 4.77. The van der Waals surface area contributed by atoms with Crippen LogP contribution in [0.5, 0.6) is 0 Å². The molecule has 22 heavy (non-hydrogen) atoms. The Bertz CT molecular complexity index is 809. The minimum absolute atomic E-state index is 0.132. The molecule has 0 unspecified atom stereocenters. The number of nitrogens with zero attached hydrogens (tertiary/aromatic N) is 4. The molecule has 7 nitrogen and oxygen atoms in total. The highest BCUT2D eigenvalue weighted by Gasteiger charge is 2.11. The number of nitrogens with one attached hydrogen (secondary N) is 1. The van der Waals surface area contributed by atoms with E-state index in [4.69, 9.17) is 5.73 Å². The van der Waals surface area contributed by atoms with Crippen LogP contribution in [0.25, 0.3) is 17.1 Å². The molecule has 1 amide bonds. The van der Waals surface area contributed by atoms with Crippen LogP contribution in [0.4, 0.5) is 11.4 Å². The second-order valence-corrected chi connectivity index (χ2v) is 4.77. The van der Waals surface area contributed by atoms with Crippen LogP contribution in [0, 0.1) is 0 Å². The lowest BCUT2D eigenvalue weighted by Gasteiger charge is -2.07. The minimum atomic E-state index is -0.132. The second kappa shape index (κ2) is 5.65. The Kier molecular flexibility index (Phi) is 3.53. The molecule has 0 atom stereocenters. The lowest BCUT2D eigenvalue weighted by molar-refractivity contribution is -0.114. The van der Waals surface area contributed by atoms with Crippen LogP contribution in [0.3, 0.4) is 0 Å². The predicted molar refractivity (Wildman–Crippen MR) is 83.3 cm³/mol. The van der Waals surface area contributed by atoms with E-state index in [1.165, 1.54) is 6.92 Å². The van der Waals surface area contributed by atoms with Crippen LogP contribution in [-0.4, -0.2) is 26.1 Å². The van der Waals surface area contributed by atoms with Gasteiger partial charge < -0.3 is 11.1 Å². The van der Waals surface area contributed by atoms with Gasteiger partial charge in [0.1, 0.15) is 0 Å². The van der Waals surface area contributed by atoms with Crippen molar-refractivity contribution in [2.45, 2.75) is 6.92 Å². The molecule has 2 aromatic carbocycles. The van der Waals surface area contributed by atoms with Gasteiger partial charge in [0.05, 0.1) is 5.69 Å². The average molecular weight is 294 g/mol. The van der Waals surface area contributed by atoms with Crippen molar-refractivity contribution in [3.63, 3.8) is 0 Å². The number of carbonyl (C=O) groups excluding carboxylic acids is 1. The molecule has 1 heterocycles. The molecule has 0 radical (unpaired) electrons. The fraction of sp³-hybridized carbons (Fsp3) is 0.0667. The van der Waals surface area contributed by atoms with Crippen molar-refractivity contribution in [3.05, 3.63) is 48.5 Å². The van der Waals surface area contributed by atoms with Crippen LogP contribution in [0.1, 0.15) is 6.92 Å². The molecule has 0 fully saturated rings. The fourth-order valence-electron chi connectivity index (χ4n) is 2.09. The summed E-state index contributed by atoms with van der Waals surface area (Å²) in [4.78, 5) is 11.2. The standard InChI is InChI=1S/C15H14N6O/c1-10(22)17-13-3-2-4-14(9-13)21-15(18-19-20-21)11-5-7-12(16)8-6-11/h2-9H,16H2,1H3,(H,17,22). The summed E-state index contributed by atoms with van der Waals surface area (Å²) >= 11 is 0. The van der Waals surface area contributed by atoms with Crippen LogP contribution in [0.2, 0.25) is 0 Å². The zero-order chi connectivity index (χ0) is 15.5. The number of nitrogen functional groups attached to an aromatic ring is 1. The van der Waals surface area contributed by atoms with Gasteiger partial charge in [-0.25, -0.2) is 0 Å². The number of benzene rings is 2. The lowest BCUT2D eigenvalue weighted by Crippen LogP contribution is -2.07. The van der Waals surface area contributed by atoms with Crippen molar-refractivity contribution < 1.29 is 4.79 Å². The van der Waals surface area contributed by atoms with Crippen LogP contribution >= 0.6 is 0 Å². The highest BCUT2D eigenvalue weighted by atomic mass is 16.1. The molecule has 3 N–H and O–H groups in total. The van der Waals surface area contributed by atoms with E-state index in [9.17, 15) is 4.79 Å². The number of nitrogens with two attached hydrogens (primary N) is 1. The summed E-state index contributed by atoms with van der Waals surface area (Å²) in [6, 6.07) is 14.6. The van der Waals surface area contributed by atoms with Gasteiger partial charge in [0.15, 0.2) is 5.82 Å². The van der Waals surface area contributed by atoms with E-state index in [0.717, 1.165) is 11.3 Å². The van der Waals surface area contributed by atoms with Crippen LogP contribution in [0.15, 0.2) is 48.5 Å². The minimum Gasteiger partial charge on any atom is -0.399 e. The number of hydrogen-bond acceptors (Lipinski definition) is 5. The van der Waals surface area contributed by atoms with Crippen molar-refractivity contribution in [2.24, 2.45) is 0 Å². The average Bonchev–Trinajstić information content (AvgIpc) is 2.97. The van der Waals surface area contributed by atoms with E-state index in [1.54, 1.807) is 28.9 Å². The van der Waals surface area contributed by atoms with Gasteiger partial charge in [-0.15, -0.1) is 5.10 Å². The van der Waals surface area contributed by atoms with Crippen molar-refractivity contribution in [1.82, 2.24) is 20.2 Å². The van der Waals surface area contributed by atoms with Gasteiger partial charge in [0.25, 0.3) is 0 Å². The van der Waals surface area contributed by atoms with E-state index < -0.39 is 0 Å². The van der Waals surface area contributed by atoms with Gasteiger partial charge in [0.2, 0.25) is 5.91 Å². The van der Waals surface area contributed by atoms with E-state index in [1.807, 2.05) is 24.3 Å². The van der Waals surface area contributed by atoms with Crippen LogP contribution in [-0.2, 0) is 4.79 Å². The highest BCUT2D eigenvalue weighted by molar-refractivity contribution is 5.88. The fourth-order valence-corrected chi connectivity index (χ4v) is 2.09. The Morgan fingerprint density at radius 2 is 1.95 bits per heavy atom. The largest absolute Gasteiger partial charge is 0.399 e. The third-order valence-corrected chi connectivity index (χ3v) is 3.05. The number of carbonyl (C=O) groups is 1. The molecule has 0 aliphatic rings. The number of rotatable bonds is 3. The molecule has 7 heteroatoms. The maximum atomic E-state index is 11.2. The maximum absolute atomic E-state index is 11.2. The molecule has 3 rings (SSSR count). The smallest absolute Gasteiger partial charge is 0.221 e. The van der Waals surface area contributed by atoms with Crippen molar-refractivity contribution in [1.29, 1.82) is 0 Å². The molecule has 3 aromatic rings. The first kappa shape index (κ1) is 13.7. The number of aromatic nitrogens is 4. The SMILES string of the molecule is CC(=O)Nc1cccc(-n2nnnc2-c2ccc(N)cc2)c1. The molecular weight excluding hydrogens is 280 g/mol. The Labute approximate surface area is 126 Å². The third-order valence-electron chi connectivity index (χ3n) is 3.05. The van der Waals surface area contributed by atoms with Gasteiger partial charge in [-0.3, -0.25) is 4.79 Å². The molecule has 0 saturated carbocycles. The first-order valence-corrected chi connectivity index (χ1v) is 6.66. The van der Waals surface area contributed by atoms with Crippen LogP contribution < -0.4 is 11.1 Å². The normalized spacial score (nSPS) is 10.4. The molecular formula is C15H14N6O. The van der Waals surface area contributed by atoms with Gasteiger partial charge in [0, 0.05) is 23.9 Å². The Balaban J connectivity index is 2.01. The highest BCUT2D eigenvalue weighted by Crippen LogP contribution is 2.22. The lowest BCUT2D eigenvalue weighted by atomic mass is 10.2. The predicted octanol–water partition coefficient (Wildman–Crippen LogP) is 1.87.